The predicted octanol–water partition coefficient (Wildman–Crippen LogP) is 5.89. The van der Waals surface area contributed by atoms with Gasteiger partial charge in [-0.05, 0) is 49.6 Å². The maximum atomic E-state index is 6.50. The van der Waals surface area contributed by atoms with Crippen LogP contribution in [0.1, 0.15) is 30.9 Å². The van der Waals surface area contributed by atoms with Gasteiger partial charge in [0.25, 0.3) is 0 Å². The van der Waals surface area contributed by atoms with Crippen molar-refractivity contribution >= 4 is 34.8 Å². The Bertz CT molecular complexity index is 774. The van der Waals surface area contributed by atoms with Crippen molar-refractivity contribution in [2.45, 2.75) is 39.0 Å². The summed E-state index contributed by atoms with van der Waals surface area (Å²) in [7, 11) is 0. The first kappa shape index (κ1) is 21.5. The molecule has 0 spiro atoms. The van der Waals surface area contributed by atoms with Gasteiger partial charge in [-0.1, -0.05) is 40.9 Å². The molecule has 1 aliphatic heterocycles. The molecule has 1 atom stereocenters. The van der Waals surface area contributed by atoms with Gasteiger partial charge in [0.2, 0.25) is 0 Å². The number of halogens is 3. The largest absolute Gasteiger partial charge is 0.490 e. The smallest absolute Gasteiger partial charge is 0.180 e. The molecule has 152 valence electrons. The summed E-state index contributed by atoms with van der Waals surface area (Å²) in [6.45, 7) is 4.99. The second kappa shape index (κ2) is 10.6. The van der Waals surface area contributed by atoms with Gasteiger partial charge in [0, 0.05) is 35.3 Å². The highest BCUT2D eigenvalue weighted by Crippen LogP contribution is 2.38. The van der Waals surface area contributed by atoms with Crippen LogP contribution in [0.5, 0.6) is 11.5 Å². The molecule has 28 heavy (non-hydrogen) atoms. The minimum absolute atomic E-state index is 0.203. The molecule has 7 heteroatoms. The van der Waals surface area contributed by atoms with Crippen molar-refractivity contribution in [3.05, 3.63) is 56.5 Å². The molecule has 3 rings (SSSR count). The van der Waals surface area contributed by atoms with Crippen LogP contribution in [-0.4, -0.2) is 25.9 Å². The van der Waals surface area contributed by atoms with Crippen molar-refractivity contribution in [3.63, 3.8) is 0 Å². The summed E-state index contributed by atoms with van der Waals surface area (Å²) in [4.78, 5) is 0. The molecule has 2 aromatic carbocycles. The zero-order chi connectivity index (χ0) is 19.9. The Hall–Kier alpha value is -1.17. The molecular formula is C21H24Cl3NO3. The van der Waals surface area contributed by atoms with Gasteiger partial charge < -0.3 is 19.5 Å². The Morgan fingerprint density at radius 3 is 2.57 bits per heavy atom. The number of benzene rings is 2. The zero-order valence-electron chi connectivity index (χ0n) is 15.8. The summed E-state index contributed by atoms with van der Waals surface area (Å²) in [6, 6.07) is 9.18. The average molecular weight is 445 g/mol. The van der Waals surface area contributed by atoms with E-state index >= 15 is 0 Å². The van der Waals surface area contributed by atoms with Crippen LogP contribution in [0.2, 0.25) is 15.1 Å². The molecular weight excluding hydrogens is 421 g/mol. The molecule has 1 fully saturated rings. The molecule has 0 unspecified atom stereocenters. The van der Waals surface area contributed by atoms with Crippen molar-refractivity contribution in [3.8, 4) is 11.5 Å². The number of hydrogen-bond donors (Lipinski definition) is 1. The van der Waals surface area contributed by atoms with Gasteiger partial charge in [-0.25, -0.2) is 0 Å². The van der Waals surface area contributed by atoms with E-state index in [4.69, 9.17) is 49.0 Å². The molecule has 1 saturated heterocycles. The first-order chi connectivity index (χ1) is 13.6. The maximum absolute atomic E-state index is 6.50. The highest BCUT2D eigenvalue weighted by Gasteiger charge is 2.17. The van der Waals surface area contributed by atoms with Crippen molar-refractivity contribution < 1.29 is 14.2 Å². The number of rotatable bonds is 9. The van der Waals surface area contributed by atoms with Gasteiger partial charge in [-0.3, -0.25) is 0 Å². The topological polar surface area (TPSA) is 39.7 Å². The minimum Gasteiger partial charge on any atom is -0.490 e. The monoisotopic (exact) mass is 443 g/mol. The second-order valence-corrected chi connectivity index (χ2v) is 7.81. The molecule has 0 aromatic heterocycles. The summed E-state index contributed by atoms with van der Waals surface area (Å²) in [5, 5.41) is 5.01. The number of nitrogens with one attached hydrogen (secondary N) is 1. The summed E-state index contributed by atoms with van der Waals surface area (Å²) >= 11 is 18.9. The van der Waals surface area contributed by atoms with Crippen molar-refractivity contribution in [2.24, 2.45) is 0 Å². The third-order valence-electron chi connectivity index (χ3n) is 4.52. The lowest BCUT2D eigenvalue weighted by atomic mass is 10.2. The molecule has 1 heterocycles. The van der Waals surface area contributed by atoms with Gasteiger partial charge in [-0.2, -0.15) is 0 Å². The molecule has 1 aliphatic rings. The van der Waals surface area contributed by atoms with Crippen molar-refractivity contribution in [1.29, 1.82) is 0 Å². The maximum Gasteiger partial charge on any atom is 0.180 e. The first-order valence-corrected chi connectivity index (χ1v) is 10.5. The summed E-state index contributed by atoms with van der Waals surface area (Å²) < 4.78 is 17.3. The van der Waals surface area contributed by atoms with Crippen molar-refractivity contribution in [2.75, 3.05) is 19.8 Å². The van der Waals surface area contributed by atoms with Crippen molar-refractivity contribution in [1.82, 2.24) is 5.32 Å². The average Bonchev–Trinajstić information content (AvgIpc) is 3.17. The highest BCUT2D eigenvalue weighted by molar-refractivity contribution is 6.36. The fourth-order valence-electron chi connectivity index (χ4n) is 3.12. The summed E-state index contributed by atoms with van der Waals surface area (Å²) in [6.07, 6.45) is 2.54. The van der Waals surface area contributed by atoms with Gasteiger partial charge in [0.1, 0.15) is 6.61 Å². The first-order valence-electron chi connectivity index (χ1n) is 9.41. The van der Waals surface area contributed by atoms with Gasteiger partial charge in [0.15, 0.2) is 11.5 Å². The normalized spacial score (nSPS) is 16.4. The van der Waals surface area contributed by atoms with E-state index in [9.17, 15) is 0 Å². The summed E-state index contributed by atoms with van der Waals surface area (Å²) in [5.74, 6) is 1.09. The van der Waals surface area contributed by atoms with E-state index in [-0.39, 0.29) is 6.61 Å². The zero-order valence-corrected chi connectivity index (χ0v) is 18.0. The molecule has 0 bridgehead atoms. The molecule has 0 saturated carbocycles. The highest BCUT2D eigenvalue weighted by atomic mass is 35.5. The quantitative estimate of drug-likeness (QED) is 0.523. The van der Waals surface area contributed by atoms with Crippen LogP contribution in [0.4, 0.5) is 0 Å². The minimum atomic E-state index is 0.203. The van der Waals surface area contributed by atoms with Crippen LogP contribution in [0.25, 0.3) is 0 Å². The van der Waals surface area contributed by atoms with Crippen LogP contribution in [-0.2, 0) is 17.9 Å². The van der Waals surface area contributed by atoms with E-state index in [0.29, 0.717) is 51.4 Å². The predicted molar refractivity (Wildman–Crippen MR) is 114 cm³/mol. The van der Waals surface area contributed by atoms with Crippen LogP contribution in [0.15, 0.2) is 30.3 Å². The van der Waals surface area contributed by atoms with Crippen LogP contribution in [0.3, 0.4) is 0 Å². The molecule has 2 aromatic rings. The van der Waals surface area contributed by atoms with E-state index in [2.05, 4.69) is 5.32 Å². The van der Waals surface area contributed by atoms with Gasteiger partial charge in [0.05, 0.1) is 17.7 Å². The Kier molecular flexibility index (Phi) is 8.12. The Morgan fingerprint density at radius 1 is 1.11 bits per heavy atom. The third-order valence-corrected chi connectivity index (χ3v) is 5.51. The van der Waals surface area contributed by atoms with Crippen LogP contribution in [0, 0.1) is 0 Å². The fourth-order valence-corrected chi connectivity index (χ4v) is 3.92. The standard InChI is InChI=1S/C21H24Cl3NO3/c1-2-26-20-10-14(11-25-12-15-5-4-8-27-15)9-19(24)21(20)28-13-16-17(22)6-3-7-18(16)23/h3,6-7,9-10,15,25H,2,4-5,8,11-13H2,1H3/t15-/m0/s1. The fraction of sp³-hybridized carbons (Fsp3) is 0.429. The molecule has 1 N–H and O–H groups in total. The molecule has 4 nitrogen and oxygen atoms in total. The Morgan fingerprint density at radius 2 is 1.89 bits per heavy atom. The Labute approximate surface area is 181 Å². The van der Waals surface area contributed by atoms with Gasteiger partial charge in [-0.15, -0.1) is 0 Å². The van der Waals surface area contributed by atoms with Crippen LogP contribution < -0.4 is 14.8 Å². The van der Waals surface area contributed by atoms with E-state index < -0.39 is 0 Å². The molecule has 0 amide bonds. The van der Waals surface area contributed by atoms with Gasteiger partial charge >= 0.3 is 0 Å². The lowest BCUT2D eigenvalue weighted by Gasteiger charge is -2.17. The molecule has 0 aliphatic carbocycles. The molecule has 0 radical (unpaired) electrons. The number of hydrogen-bond acceptors (Lipinski definition) is 4. The number of ether oxygens (including phenoxy) is 3. The second-order valence-electron chi connectivity index (χ2n) is 6.59. The van der Waals surface area contributed by atoms with E-state index in [1.54, 1.807) is 18.2 Å². The Balaban J connectivity index is 1.69. The third kappa shape index (κ3) is 5.68. The van der Waals surface area contributed by atoms with E-state index in [1.807, 2.05) is 19.1 Å². The van der Waals surface area contributed by atoms with E-state index in [1.165, 1.54) is 0 Å². The lowest BCUT2D eigenvalue weighted by molar-refractivity contribution is 0.110. The summed E-state index contributed by atoms with van der Waals surface area (Å²) in [5.41, 5.74) is 1.74. The van der Waals surface area contributed by atoms with Crippen LogP contribution >= 0.6 is 34.8 Å². The van der Waals surface area contributed by atoms with E-state index in [0.717, 1.165) is 31.6 Å². The lowest BCUT2D eigenvalue weighted by Crippen LogP contribution is -2.25. The SMILES string of the molecule is CCOc1cc(CNC[C@@H]2CCCO2)cc(Cl)c1OCc1c(Cl)cccc1Cl.